The van der Waals surface area contributed by atoms with Gasteiger partial charge in [-0.05, 0) is 28.1 Å². The Balaban J connectivity index is 2.09. The summed E-state index contributed by atoms with van der Waals surface area (Å²) in [6, 6.07) is 3.79. The minimum absolute atomic E-state index is 0.124. The van der Waals surface area contributed by atoms with Gasteiger partial charge >= 0.3 is 6.03 Å². The normalized spacial score (nSPS) is 9.95. The summed E-state index contributed by atoms with van der Waals surface area (Å²) in [7, 11) is 0. The number of benzene rings is 1. The van der Waals surface area contributed by atoms with E-state index in [9.17, 15) is 14.9 Å². The van der Waals surface area contributed by atoms with E-state index in [1.54, 1.807) is 6.07 Å². The molecule has 98 valence electrons. The number of nitro groups is 1. The molecule has 9 heteroatoms. The maximum absolute atomic E-state index is 11.6. The Kier molecular flexibility index (Phi) is 3.76. The number of aromatic nitrogens is 2. The van der Waals surface area contributed by atoms with Crippen molar-refractivity contribution in [2.24, 2.45) is 0 Å². The summed E-state index contributed by atoms with van der Waals surface area (Å²) in [6.07, 6.45) is 2.94. The number of halogens is 1. The lowest BCUT2D eigenvalue weighted by molar-refractivity contribution is -0.385. The molecule has 8 nitrogen and oxygen atoms in total. The van der Waals surface area contributed by atoms with Gasteiger partial charge in [-0.1, -0.05) is 0 Å². The Bertz CT molecular complexity index is 614. The fourth-order valence-corrected chi connectivity index (χ4v) is 1.73. The van der Waals surface area contributed by atoms with Crippen molar-refractivity contribution in [1.82, 2.24) is 10.2 Å². The number of urea groups is 1. The van der Waals surface area contributed by atoms with Gasteiger partial charge < -0.3 is 10.6 Å². The van der Waals surface area contributed by atoms with Crippen LogP contribution in [0.3, 0.4) is 0 Å². The third kappa shape index (κ3) is 3.28. The number of nitro benzene ring substituents is 1. The van der Waals surface area contributed by atoms with Crippen molar-refractivity contribution < 1.29 is 9.72 Å². The SMILES string of the molecule is O=C(Nc1cn[nH]c1)Nc1ccc(Br)c([N+](=O)[O-])c1. The van der Waals surface area contributed by atoms with Gasteiger partial charge in [-0.2, -0.15) is 5.10 Å². The molecule has 0 saturated heterocycles. The molecule has 1 heterocycles. The van der Waals surface area contributed by atoms with Gasteiger partial charge in [-0.25, -0.2) is 4.79 Å². The number of nitrogens with one attached hydrogen (secondary N) is 3. The first kappa shape index (κ1) is 13.0. The molecule has 0 aliphatic carbocycles. The summed E-state index contributed by atoms with van der Waals surface area (Å²) in [5.74, 6) is 0. The second-order valence-electron chi connectivity index (χ2n) is 3.49. The zero-order chi connectivity index (χ0) is 13.8. The number of aromatic amines is 1. The van der Waals surface area contributed by atoms with Crippen molar-refractivity contribution >= 4 is 39.0 Å². The van der Waals surface area contributed by atoms with Gasteiger partial charge in [0.15, 0.2) is 0 Å². The van der Waals surface area contributed by atoms with Crippen LogP contribution in [-0.4, -0.2) is 21.2 Å². The van der Waals surface area contributed by atoms with Crippen LogP contribution >= 0.6 is 15.9 Å². The number of amides is 2. The summed E-state index contributed by atoms with van der Waals surface area (Å²) in [5, 5.41) is 22.0. The largest absolute Gasteiger partial charge is 0.323 e. The predicted molar refractivity (Wildman–Crippen MR) is 72.0 cm³/mol. The third-order valence-electron chi connectivity index (χ3n) is 2.16. The molecule has 19 heavy (non-hydrogen) atoms. The van der Waals surface area contributed by atoms with E-state index in [0.29, 0.717) is 15.8 Å². The average molecular weight is 326 g/mol. The minimum atomic E-state index is -0.538. The fraction of sp³-hybridized carbons (Fsp3) is 0. The van der Waals surface area contributed by atoms with Gasteiger partial charge in [0.25, 0.3) is 5.69 Å². The van der Waals surface area contributed by atoms with Gasteiger partial charge in [0, 0.05) is 18.0 Å². The Morgan fingerprint density at radius 2 is 2.11 bits per heavy atom. The molecular formula is C10H8BrN5O3. The Morgan fingerprint density at radius 3 is 2.74 bits per heavy atom. The number of rotatable bonds is 3. The van der Waals surface area contributed by atoms with Gasteiger partial charge in [0.05, 0.1) is 21.3 Å². The van der Waals surface area contributed by atoms with Crippen molar-refractivity contribution in [3.8, 4) is 0 Å². The van der Waals surface area contributed by atoms with E-state index in [-0.39, 0.29) is 5.69 Å². The molecule has 2 amide bonds. The van der Waals surface area contributed by atoms with E-state index < -0.39 is 11.0 Å². The van der Waals surface area contributed by atoms with Crippen molar-refractivity contribution in [3.63, 3.8) is 0 Å². The molecule has 2 rings (SSSR count). The minimum Gasteiger partial charge on any atom is -0.307 e. The molecule has 2 aromatic rings. The Morgan fingerprint density at radius 1 is 1.37 bits per heavy atom. The summed E-state index contributed by atoms with van der Waals surface area (Å²) >= 11 is 3.06. The number of carbonyl (C=O) groups is 1. The highest BCUT2D eigenvalue weighted by atomic mass is 79.9. The van der Waals surface area contributed by atoms with Gasteiger partial charge in [-0.15, -0.1) is 0 Å². The van der Waals surface area contributed by atoms with Crippen molar-refractivity contribution in [2.45, 2.75) is 0 Å². The lowest BCUT2D eigenvalue weighted by Gasteiger charge is -2.06. The van der Waals surface area contributed by atoms with E-state index in [4.69, 9.17) is 0 Å². The van der Waals surface area contributed by atoms with Crippen LogP contribution in [0.25, 0.3) is 0 Å². The van der Waals surface area contributed by atoms with Gasteiger partial charge in [0.1, 0.15) is 0 Å². The maximum atomic E-state index is 11.6. The number of anilines is 2. The first-order valence-corrected chi connectivity index (χ1v) is 5.86. The van der Waals surface area contributed by atoms with Crippen LogP contribution < -0.4 is 10.6 Å². The van der Waals surface area contributed by atoms with Crippen LogP contribution in [0.1, 0.15) is 0 Å². The average Bonchev–Trinajstić information content (AvgIpc) is 2.84. The Labute approximate surface area is 115 Å². The molecule has 1 aromatic carbocycles. The van der Waals surface area contributed by atoms with Crippen molar-refractivity contribution in [1.29, 1.82) is 0 Å². The number of H-pyrrole nitrogens is 1. The highest BCUT2D eigenvalue weighted by Crippen LogP contribution is 2.27. The van der Waals surface area contributed by atoms with Gasteiger partial charge in [0.2, 0.25) is 0 Å². The number of nitrogens with zero attached hydrogens (tertiary/aromatic N) is 2. The van der Waals surface area contributed by atoms with E-state index in [1.165, 1.54) is 24.5 Å². The van der Waals surface area contributed by atoms with E-state index >= 15 is 0 Å². The lowest BCUT2D eigenvalue weighted by Crippen LogP contribution is -2.19. The van der Waals surface area contributed by atoms with Crippen LogP contribution in [-0.2, 0) is 0 Å². The Hall–Kier alpha value is -2.42. The fourth-order valence-electron chi connectivity index (χ4n) is 1.34. The molecule has 0 spiro atoms. The van der Waals surface area contributed by atoms with E-state index in [2.05, 4.69) is 36.8 Å². The molecule has 0 aliphatic rings. The van der Waals surface area contributed by atoms with Crippen LogP contribution in [0.4, 0.5) is 21.9 Å². The summed E-state index contributed by atoms with van der Waals surface area (Å²) in [5.41, 5.74) is 0.682. The van der Waals surface area contributed by atoms with E-state index in [0.717, 1.165) is 0 Å². The highest BCUT2D eigenvalue weighted by Gasteiger charge is 2.13. The second kappa shape index (κ2) is 5.48. The predicted octanol–water partition coefficient (Wildman–Crippen LogP) is 2.72. The topological polar surface area (TPSA) is 113 Å². The van der Waals surface area contributed by atoms with Gasteiger partial charge in [-0.3, -0.25) is 15.2 Å². The first-order chi connectivity index (χ1) is 9.06. The second-order valence-corrected chi connectivity index (χ2v) is 4.34. The molecule has 1 aromatic heterocycles. The molecule has 0 saturated carbocycles. The third-order valence-corrected chi connectivity index (χ3v) is 2.83. The summed E-state index contributed by atoms with van der Waals surface area (Å²) < 4.78 is 0.346. The molecular weight excluding hydrogens is 318 g/mol. The smallest absolute Gasteiger partial charge is 0.307 e. The standard InChI is InChI=1S/C10H8BrN5O3/c11-8-2-1-6(3-9(8)16(18)19)14-10(17)15-7-4-12-13-5-7/h1-5H,(H,12,13)(H2,14,15,17). The molecule has 0 unspecified atom stereocenters. The van der Waals surface area contributed by atoms with Crippen LogP contribution in [0.15, 0.2) is 35.1 Å². The first-order valence-electron chi connectivity index (χ1n) is 5.07. The molecule has 0 radical (unpaired) electrons. The van der Waals surface area contributed by atoms with E-state index in [1.807, 2.05) is 0 Å². The number of carbonyl (C=O) groups excluding carboxylic acids is 1. The zero-order valence-corrected chi connectivity index (χ0v) is 11.0. The lowest BCUT2D eigenvalue weighted by atomic mass is 10.3. The molecule has 0 bridgehead atoms. The summed E-state index contributed by atoms with van der Waals surface area (Å²) in [4.78, 5) is 21.8. The van der Waals surface area contributed by atoms with Crippen molar-refractivity contribution in [3.05, 3.63) is 45.2 Å². The van der Waals surface area contributed by atoms with Crippen LogP contribution in [0, 0.1) is 10.1 Å². The number of hydrogen-bond donors (Lipinski definition) is 3. The molecule has 0 aliphatic heterocycles. The number of hydrogen-bond acceptors (Lipinski definition) is 4. The van der Waals surface area contributed by atoms with Crippen LogP contribution in [0.5, 0.6) is 0 Å². The molecule has 3 N–H and O–H groups in total. The maximum Gasteiger partial charge on any atom is 0.323 e. The zero-order valence-electron chi connectivity index (χ0n) is 9.38. The highest BCUT2D eigenvalue weighted by molar-refractivity contribution is 9.10. The van der Waals surface area contributed by atoms with Crippen LogP contribution in [0.2, 0.25) is 0 Å². The molecule has 0 atom stereocenters. The molecule has 0 fully saturated rings. The quantitative estimate of drug-likeness (QED) is 0.594. The van der Waals surface area contributed by atoms with Crippen molar-refractivity contribution in [2.75, 3.05) is 10.6 Å². The monoisotopic (exact) mass is 325 g/mol. The summed E-state index contributed by atoms with van der Waals surface area (Å²) in [6.45, 7) is 0.